The minimum Gasteiger partial charge on any atom is -0.424 e. The Morgan fingerprint density at radius 3 is 2.73 bits per heavy atom. The van der Waals surface area contributed by atoms with Crippen LogP contribution in [0.25, 0.3) is 17.0 Å². The van der Waals surface area contributed by atoms with Gasteiger partial charge in [0.2, 0.25) is 0 Å². The SMILES string of the molecule is Cc1nc2ccc(N3CCCC(NC4CCCCC4Nc4ncc(-c5ccc(F)c(F)c5)o4)C3)cn2n1. The molecule has 2 fully saturated rings. The van der Waals surface area contributed by atoms with Crippen molar-refractivity contribution in [3.05, 3.63) is 60.2 Å². The van der Waals surface area contributed by atoms with Crippen molar-refractivity contribution < 1.29 is 13.2 Å². The number of nitrogens with one attached hydrogen (secondary N) is 2. The third kappa shape index (κ3) is 5.16. The lowest BCUT2D eigenvalue weighted by Gasteiger charge is -2.40. The molecule has 1 saturated carbocycles. The molecule has 4 aromatic rings. The molecule has 3 atom stereocenters. The maximum absolute atomic E-state index is 13.7. The second-order valence-electron chi connectivity index (χ2n) is 10.1. The first-order chi connectivity index (χ1) is 18.0. The van der Waals surface area contributed by atoms with Crippen molar-refractivity contribution in [2.75, 3.05) is 23.3 Å². The zero-order valence-corrected chi connectivity index (χ0v) is 20.8. The van der Waals surface area contributed by atoms with Crippen molar-refractivity contribution in [2.24, 2.45) is 0 Å². The summed E-state index contributed by atoms with van der Waals surface area (Å²) in [5.41, 5.74) is 2.48. The Labute approximate surface area is 214 Å². The van der Waals surface area contributed by atoms with Crippen LogP contribution in [0.1, 0.15) is 44.3 Å². The summed E-state index contributed by atoms with van der Waals surface area (Å²) < 4.78 is 34.7. The van der Waals surface area contributed by atoms with E-state index in [1.807, 2.05) is 17.5 Å². The molecule has 1 aliphatic heterocycles. The highest BCUT2D eigenvalue weighted by molar-refractivity contribution is 5.57. The molecule has 8 nitrogen and oxygen atoms in total. The van der Waals surface area contributed by atoms with Crippen molar-refractivity contribution in [2.45, 2.75) is 63.6 Å². The zero-order valence-electron chi connectivity index (χ0n) is 20.8. The number of hydrogen-bond acceptors (Lipinski definition) is 7. The summed E-state index contributed by atoms with van der Waals surface area (Å²) >= 11 is 0. The maximum atomic E-state index is 13.7. The second-order valence-corrected chi connectivity index (χ2v) is 10.1. The molecular weight excluding hydrogens is 476 g/mol. The normalized spacial score (nSPS) is 22.5. The van der Waals surface area contributed by atoms with Crippen LogP contribution in [0.3, 0.4) is 0 Å². The van der Waals surface area contributed by atoms with Gasteiger partial charge < -0.3 is 20.0 Å². The fourth-order valence-electron chi connectivity index (χ4n) is 5.61. The average Bonchev–Trinajstić information content (AvgIpc) is 3.52. The highest BCUT2D eigenvalue weighted by Gasteiger charge is 2.30. The molecule has 2 N–H and O–H groups in total. The fraction of sp³-hybridized carbons (Fsp3) is 0.444. The quantitative estimate of drug-likeness (QED) is 0.382. The summed E-state index contributed by atoms with van der Waals surface area (Å²) in [5, 5.41) is 11.8. The number of piperidine rings is 1. The molecular formula is C27H31F2N7O. The van der Waals surface area contributed by atoms with Gasteiger partial charge in [-0.15, -0.1) is 0 Å². The molecule has 3 aromatic heterocycles. The zero-order chi connectivity index (χ0) is 25.4. The van der Waals surface area contributed by atoms with Gasteiger partial charge in [0.15, 0.2) is 23.0 Å². The van der Waals surface area contributed by atoms with E-state index < -0.39 is 11.6 Å². The molecule has 1 aliphatic carbocycles. The van der Waals surface area contributed by atoms with Gasteiger partial charge in [-0.1, -0.05) is 12.8 Å². The number of aromatic nitrogens is 4. The molecule has 37 heavy (non-hydrogen) atoms. The Balaban J connectivity index is 1.11. The van der Waals surface area contributed by atoms with E-state index in [1.54, 1.807) is 6.20 Å². The lowest BCUT2D eigenvalue weighted by Crippen LogP contribution is -2.54. The summed E-state index contributed by atoms with van der Waals surface area (Å²) in [4.78, 5) is 11.2. The number of fused-ring (bicyclic) bond motifs is 1. The monoisotopic (exact) mass is 507 g/mol. The van der Waals surface area contributed by atoms with Gasteiger partial charge in [0.05, 0.1) is 18.1 Å². The van der Waals surface area contributed by atoms with Crippen LogP contribution in [0.15, 0.2) is 47.1 Å². The van der Waals surface area contributed by atoms with Crippen molar-refractivity contribution in [3.8, 4) is 11.3 Å². The van der Waals surface area contributed by atoms with Gasteiger partial charge in [0.25, 0.3) is 6.01 Å². The van der Waals surface area contributed by atoms with Crippen molar-refractivity contribution in [1.29, 1.82) is 0 Å². The van der Waals surface area contributed by atoms with E-state index in [9.17, 15) is 8.78 Å². The molecule has 10 heteroatoms. The summed E-state index contributed by atoms with van der Waals surface area (Å²) in [6.07, 6.45) is 10.3. The topological polar surface area (TPSA) is 83.5 Å². The molecule has 0 radical (unpaired) electrons. The molecule has 1 aromatic carbocycles. The van der Waals surface area contributed by atoms with E-state index in [4.69, 9.17) is 4.42 Å². The molecule has 2 aliphatic rings. The number of halogens is 2. The van der Waals surface area contributed by atoms with E-state index in [-0.39, 0.29) is 12.1 Å². The lowest BCUT2D eigenvalue weighted by atomic mass is 9.89. The molecule has 0 amide bonds. The Morgan fingerprint density at radius 1 is 1.00 bits per heavy atom. The molecule has 4 heterocycles. The van der Waals surface area contributed by atoms with Crippen LogP contribution < -0.4 is 15.5 Å². The van der Waals surface area contributed by atoms with E-state index in [2.05, 4.69) is 42.9 Å². The summed E-state index contributed by atoms with van der Waals surface area (Å²) in [6.45, 7) is 3.86. The highest BCUT2D eigenvalue weighted by atomic mass is 19.2. The van der Waals surface area contributed by atoms with Gasteiger partial charge >= 0.3 is 0 Å². The van der Waals surface area contributed by atoms with Gasteiger partial charge in [-0.2, -0.15) is 5.10 Å². The molecule has 0 spiro atoms. The van der Waals surface area contributed by atoms with Crippen LogP contribution in [0.5, 0.6) is 0 Å². The third-order valence-electron chi connectivity index (χ3n) is 7.44. The number of aryl methyl sites for hydroxylation is 1. The number of anilines is 2. The Bertz CT molecular complexity index is 1390. The van der Waals surface area contributed by atoms with E-state index in [0.29, 0.717) is 23.4 Å². The van der Waals surface area contributed by atoms with Crippen LogP contribution >= 0.6 is 0 Å². The second kappa shape index (κ2) is 10.1. The number of oxazole rings is 1. The van der Waals surface area contributed by atoms with Gasteiger partial charge in [-0.3, -0.25) is 0 Å². The standard InChI is InChI=1S/C27H31F2N7O/c1-17-31-26-11-9-20(16-36(26)34-17)35-12-4-5-19(15-35)32-23-6-2-3-7-24(23)33-27-30-14-25(37-27)18-8-10-21(28)22(29)13-18/h8-11,13-14,16,19,23-24,32H,2-7,12,15H2,1H3,(H,30,33). The average molecular weight is 508 g/mol. The number of rotatable bonds is 6. The minimum atomic E-state index is -0.905. The van der Waals surface area contributed by atoms with E-state index >= 15 is 0 Å². The van der Waals surface area contributed by atoms with Crippen LogP contribution in [0.4, 0.5) is 20.5 Å². The lowest BCUT2D eigenvalue weighted by molar-refractivity contribution is 0.290. The predicted molar refractivity (Wildman–Crippen MR) is 138 cm³/mol. The first kappa shape index (κ1) is 23.8. The Kier molecular flexibility index (Phi) is 6.50. The van der Waals surface area contributed by atoms with Crippen LogP contribution in [-0.4, -0.2) is 50.8 Å². The van der Waals surface area contributed by atoms with Gasteiger partial charge in [-0.25, -0.2) is 23.3 Å². The van der Waals surface area contributed by atoms with E-state index in [0.717, 1.165) is 74.5 Å². The van der Waals surface area contributed by atoms with Gasteiger partial charge in [0.1, 0.15) is 5.82 Å². The maximum Gasteiger partial charge on any atom is 0.295 e. The van der Waals surface area contributed by atoms with Crippen molar-refractivity contribution in [1.82, 2.24) is 24.9 Å². The summed E-state index contributed by atoms with van der Waals surface area (Å²) in [7, 11) is 0. The predicted octanol–water partition coefficient (Wildman–Crippen LogP) is 4.95. The largest absolute Gasteiger partial charge is 0.424 e. The smallest absolute Gasteiger partial charge is 0.295 e. The Hall–Kier alpha value is -3.53. The van der Waals surface area contributed by atoms with Crippen LogP contribution in [0, 0.1) is 18.6 Å². The number of pyridine rings is 1. The van der Waals surface area contributed by atoms with Crippen molar-refractivity contribution >= 4 is 17.3 Å². The van der Waals surface area contributed by atoms with Gasteiger partial charge in [-0.05, 0) is 62.9 Å². The molecule has 194 valence electrons. The first-order valence-electron chi connectivity index (χ1n) is 13.0. The molecule has 6 rings (SSSR count). The number of hydrogen-bond donors (Lipinski definition) is 2. The van der Waals surface area contributed by atoms with E-state index in [1.165, 1.54) is 12.5 Å². The molecule has 0 bridgehead atoms. The van der Waals surface area contributed by atoms with Crippen molar-refractivity contribution in [3.63, 3.8) is 0 Å². The molecule has 1 saturated heterocycles. The third-order valence-corrected chi connectivity index (χ3v) is 7.44. The van der Waals surface area contributed by atoms with Crippen LogP contribution in [-0.2, 0) is 0 Å². The van der Waals surface area contributed by atoms with Gasteiger partial charge in [0, 0.05) is 36.8 Å². The summed E-state index contributed by atoms with van der Waals surface area (Å²) in [5.74, 6) is -0.607. The highest BCUT2D eigenvalue weighted by Crippen LogP contribution is 2.28. The molecule has 3 unspecified atom stereocenters. The minimum absolute atomic E-state index is 0.176. The van der Waals surface area contributed by atoms with Crippen LogP contribution in [0.2, 0.25) is 0 Å². The number of nitrogens with zero attached hydrogens (tertiary/aromatic N) is 5. The fourth-order valence-corrected chi connectivity index (χ4v) is 5.61. The summed E-state index contributed by atoms with van der Waals surface area (Å²) in [6, 6.07) is 9.11. The number of benzene rings is 1. The Morgan fingerprint density at radius 2 is 1.86 bits per heavy atom. The first-order valence-corrected chi connectivity index (χ1v) is 13.0.